The van der Waals surface area contributed by atoms with Crippen molar-refractivity contribution in [1.29, 1.82) is 0 Å². The second kappa shape index (κ2) is 7.05. The van der Waals surface area contributed by atoms with E-state index in [1.807, 2.05) is 50.3 Å². The Labute approximate surface area is 166 Å². The van der Waals surface area contributed by atoms with Crippen LogP contribution in [0.25, 0.3) is 11.8 Å². The highest BCUT2D eigenvalue weighted by atomic mass is 32.2. The number of nitrogens with one attached hydrogen (secondary N) is 1. The number of rotatable bonds is 3. The molecule has 0 unspecified atom stereocenters. The number of aryl methyl sites for hydroxylation is 1. The summed E-state index contributed by atoms with van der Waals surface area (Å²) in [4.78, 5) is 25.2. The number of carbonyl (C=O) groups is 2. The van der Waals surface area contributed by atoms with Gasteiger partial charge < -0.3 is 15.0 Å². The number of aromatic nitrogens is 1. The Morgan fingerprint density at radius 1 is 1.11 bits per heavy atom. The number of hydrogen-bond acceptors (Lipinski definition) is 3. The maximum Gasteiger partial charge on any atom is 0.335 e. The summed E-state index contributed by atoms with van der Waals surface area (Å²) in [6, 6.07) is 16.5. The number of anilines is 1. The van der Waals surface area contributed by atoms with Gasteiger partial charge in [-0.3, -0.25) is 4.79 Å². The molecule has 140 valence electrons. The standard InChI is InChI=1S/C22H18N2O3S/c1-13-11-16(12-20-21(25)23-18-5-3-4-6-19(18)28-20)14(2)24(13)17-9-7-15(8-10-17)22(26)27/h3-12H,1-2H3,(H,23,25)(H,26,27)/b20-12-. The highest BCUT2D eigenvalue weighted by Crippen LogP contribution is 2.39. The van der Waals surface area contributed by atoms with Gasteiger partial charge in [0.05, 0.1) is 16.2 Å². The molecule has 1 aliphatic rings. The third-order valence-corrected chi connectivity index (χ3v) is 5.81. The third kappa shape index (κ3) is 3.23. The highest BCUT2D eigenvalue weighted by molar-refractivity contribution is 8.04. The zero-order chi connectivity index (χ0) is 19.8. The van der Waals surface area contributed by atoms with Gasteiger partial charge in [0, 0.05) is 22.0 Å². The Bertz CT molecular complexity index is 1130. The van der Waals surface area contributed by atoms with Crippen molar-refractivity contribution in [3.05, 3.63) is 82.0 Å². The summed E-state index contributed by atoms with van der Waals surface area (Å²) in [7, 11) is 0. The largest absolute Gasteiger partial charge is 0.478 e. The molecule has 0 atom stereocenters. The minimum absolute atomic E-state index is 0.112. The lowest BCUT2D eigenvalue weighted by Crippen LogP contribution is -2.17. The van der Waals surface area contributed by atoms with Gasteiger partial charge in [-0.25, -0.2) is 4.79 Å². The van der Waals surface area contributed by atoms with Crippen molar-refractivity contribution in [2.75, 3.05) is 5.32 Å². The van der Waals surface area contributed by atoms with Gasteiger partial charge in [0.2, 0.25) is 0 Å². The maximum absolute atomic E-state index is 12.5. The molecule has 1 aromatic heterocycles. The molecule has 6 heteroatoms. The van der Waals surface area contributed by atoms with Crippen LogP contribution in [0.4, 0.5) is 5.69 Å². The molecular weight excluding hydrogens is 372 g/mol. The van der Waals surface area contributed by atoms with E-state index in [4.69, 9.17) is 5.11 Å². The lowest BCUT2D eigenvalue weighted by Gasteiger charge is -2.18. The Kier molecular flexibility index (Phi) is 4.57. The molecule has 2 N–H and O–H groups in total. The molecule has 0 saturated heterocycles. The van der Waals surface area contributed by atoms with E-state index in [-0.39, 0.29) is 11.5 Å². The van der Waals surface area contributed by atoms with Crippen LogP contribution >= 0.6 is 11.8 Å². The first-order valence-electron chi connectivity index (χ1n) is 8.76. The molecule has 0 spiro atoms. The number of benzene rings is 2. The van der Waals surface area contributed by atoms with Crippen LogP contribution in [0, 0.1) is 13.8 Å². The van der Waals surface area contributed by atoms with Gasteiger partial charge in [-0.05, 0) is 68.0 Å². The molecule has 4 rings (SSSR count). The van der Waals surface area contributed by atoms with Crippen molar-refractivity contribution in [2.45, 2.75) is 18.7 Å². The minimum Gasteiger partial charge on any atom is -0.478 e. The molecule has 3 aromatic rings. The third-order valence-electron chi connectivity index (χ3n) is 4.71. The summed E-state index contributed by atoms with van der Waals surface area (Å²) < 4.78 is 2.05. The smallest absolute Gasteiger partial charge is 0.335 e. The van der Waals surface area contributed by atoms with E-state index >= 15 is 0 Å². The topological polar surface area (TPSA) is 71.3 Å². The van der Waals surface area contributed by atoms with Crippen LogP contribution in [0.1, 0.15) is 27.3 Å². The number of aromatic carboxylic acids is 1. The lowest BCUT2D eigenvalue weighted by molar-refractivity contribution is -0.112. The summed E-state index contributed by atoms with van der Waals surface area (Å²) in [6.45, 7) is 3.98. The van der Waals surface area contributed by atoms with Crippen LogP contribution in [0.5, 0.6) is 0 Å². The second-order valence-corrected chi connectivity index (χ2v) is 7.66. The minimum atomic E-state index is -0.946. The van der Waals surface area contributed by atoms with E-state index in [2.05, 4.69) is 9.88 Å². The molecule has 5 nitrogen and oxygen atoms in total. The molecule has 0 fully saturated rings. The van der Waals surface area contributed by atoms with Crippen molar-refractivity contribution in [2.24, 2.45) is 0 Å². The zero-order valence-corrected chi connectivity index (χ0v) is 16.2. The van der Waals surface area contributed by atoms with Gasteiger partial charge in [-0.1, -0.05) is 23.9 Å². The van der Waals surface area contributed by atoms with E-state index < -0.39 is 5.97 Å². The van der Waals surface area contributed by atoms with Crippen molar-refractivity contribution >= 4 is 35.4 Å². The summed E-state index contributed by atoms with van der Waals surface area (Å²) in [6.07, 6.45) is 1.90. The molecule has 1 amide bonds. The first kappa shape index (κ1) is 18.1. The van der Waals surface area contributed by atoms with Crippen LogP contribution < -0.4 is 5.32 Å². The normalized spacial score (nSPS) is 14.6. The summed E-state index contributed by atoms with van der Waals surface area (Å²) in [5.74, 6) is -1.06. The summed E-state index contributed by atoms with van der Waals surface area (Å²) in [5, 5.41) is 12.0. The average molecular weight is 390 g/mol. The van der Waals surface area contributed by atoms with E-state index in [9.17, 15) is 9.59 Å². The first-order chi connectivity index (χ1) is 13.4. The molecule has 0 bridgehead atoms. The van der Waals surface area contributed by atoms with Gasteiger partial charge in [0.1, 0.15) is 0 Å². The Morgan fingerprint density at radius 3 is 2.54 bits per heavy atom. The molecule has 0 saturated carbocycles. The van der Waals surface area contributed by atoms with E-state index in [0.29, 0.717) is 4.91 Å². The fraction of sp³-hybridized carbons (Fsp3) is 0.0909. The second-order valence-electron chi connectivity index (χ2n) is 6.57. The van der Waals surface area contributed by atoms with Crippen molar-refractivity contribution in [3.63, 3.8) is 0 Å². The number of carbonyl (C=O) groups excluding carboxylic acids is 1. The fourth-order valence-corrected chi connectivity index (χ4v) is 4.27. The maximum atomic E-state index is 12.5. The zero-order valence-electron chi connectivity index (χ0n) is 15.4. The monoisotopic (exact) mass is 390 g/mol. The van der Waals surface area contributed by atoms with Gasteiger partial charge in [0.25, 0.3) is 5.91 Å². The summed E-state index contributed by atoms with van der Waals surface area (Å²) >= 11 is 1.46. The number of nitrogens with zero attached hydrogens (tertiary/aromatic N) is 1. The molecule has 0 radical (unpaired) electrons. The van der Waals surface area contributed by atoms with Crippen molar-refractivity contribution in [1.82, 2.24) is 4.57 Å². The molecule has 1 aliphatic heterocycles. The number of fused-ring (bicyclic) bond motifs is 1. The van der Waals surface area contributed by atoms with Crippen molar-refractivity contribution < 1.29 is 14.7 Å². The van der Waals surface area contributed by atoms with Crippen molar-refractivity contribution in [3.8, 4) is 5.69 Å². The van der Waals surface area contributed by atoms with Gasteiger partial charge >= 0.3 is 5.97 Å². The Balaban J connectivity index is 1.71. The van der Waals surface area contributed by atoms with Gasteiger partial charge in [-0.2, -0.15) is 0 Å². The van der Waals surface area contributed by atoms with E-state index in [0.717, 1.165) is 33.2 Å². The molecular formula is C22H18N2O3S. The predicted molar refractivity (Wildman–Crippen MR) is 111 cm³/mol. The van der Waals surface area contributed by atoms with Crippen LogP contribution in [0.3, 0.4) is 0 Å². The van der Waals surface area contributed by atoms with Gasteiger partial charge in [-0.15, -0.1) is 0 Å². The molecule has 28 heavy (non-hydrogen) atoms. The Morgan fingerprint density at radius 2 is 1.82 bits per heavy atom. The van der Waals surface area contributed by atoms with E-state index in [1.165, 1.54) is 11.8 Å². The lowest BCUT2D eigenvalue weighted by atomic mass is 10.2. The highest BCUT2D eigenvalue weighted by Gasteiger charge is 2.21. The fourth-order valence-electron chi connectivity index (χ4n) is 3.33. The quantitative estimate of drug-likeness (QED) is 0.626. The number of para-hydroxylation sites is 1. The molecule has 0 aliphatic carbocycles. The number of thioether (sulfide) groups is 1. The number of amides is 1. The first-order valence-corrected chi connectivity index (χ1v) is 9.58. The number of hydrogen-bond donors (Lipinski definition) is 2. The SMILES string of the molecule is Cc1cc(/C=C2\Sc3ccccc3NC2=O)c(C)n1-c1ccc(C(=O)O)cc1. The van der Waals surface area contributed by atoms with Crippen LogP contribution in [0.15, 0.2) is 64.4 Å². The van der Waals surface area contributed by atoms with Crippen LogP contribution in [-0.2, 0) is 4.79 Å². The number of carboxylic acids is 1. The number of carboxylic acid groups (broad SMARTS) is 1. The molecule has 2 aromatic carbocycles. The van der Waals surface area contributed by atoms with Crippen LogP contribution in [0.2, 0.25) is 0 Å². The van der Waals surface area contributed by atoms with E-state index in [1.54, 1.807) is 24.3 Å². The summed E-state index contributed by atoms with van der Waals surface area (Å²) in [5.41, 5.74) is 4.92. The van der Waals surface area contributed by atoms with Crippen LogP contribution in [-0.4, -0.2) is 21.6 Å². The predicted octanol–water partition coefficient (Wildman–Crippen LogP) is 4.88. The Hall–Kier alpha value is -3.25. The van der Waals surface area contributed by atoms with Gasteiger partial charge in [0.15, 0.2) is 0 Å². The molecule has 2 heterocycles. The average Bonchev–Trinajstić information content (AvgIpc) is 2.95.